The van der Waals surface area contributed by atoms with Crippen molar-refractivity contribution in [2.45, 2.75) is 11.7 Å². The molecule has 1 rings (SSSR count). The fraction of sp³-hybridized carbons (Fsp3) is 0.833. The number of carbonyl (C=O) groups is 1. The van der Waals surface area contributed by atoms with Crippen LogP contribution in [0, 0.1) is 5.41 Å². The highest BCUT2D eigenvalue weighted by atomic mass is 35.5. The van der Waals surface area contributed by atoms with Crippen LogP contribution in [0.3, 0.4) is 0 Å². The Hall–Kier alpha value is -0.330. The molecular formula is C6H12ClNO4S. The van der Waals surface area contributed by atoms with Gasteiger partial charge in [-0.3, -0.25) is 4.79 Å². The molecule has 7 heteroatoms. The molecule has 0 aromatic heterocycles. The lowest BCUT2D eigenvalue weighted by atomic mass is 10.1. The first-order valence-corrected chi connectivity index (χ1v) is 5.42. The summed E-state index contributed by atoms with van der Waals surface area (Å²) in [7, 11) is -3.26. The number of nitrogens with two attached hydrogens (primary N) is 1. The van der Waals surface area contributed by atoms with Crippen molar-refractivity contribution in [3.05, 3.63) is 0 Å². The van der Waals surface area contributed by atoms with Crippen LogP contribution in [0.5, 0.6) is 0 Å². The molecule has 5 nitrogen and oxygen atoms in total. The van der Waals surface area contributed by atoms with Gasteiger partial charge < -0.3 is 10.8 Å². The summed E-state index contributed by atoms with van der Waals surface area (Å²) >= 11 is 0. The second-order valence-electron chi connectivity index (χ2n) is 3.19. The molecule has 0 aromatic carbocycles. The van der Waals surface area contributed by atoms with Gasteiger partial charge in [0.2, 0.25) is 0 Å². The van der Waals surface area contributed by atoms with Gasteiger partial charge in [-0.2, -0.15) is 0 Å². The normalized spacial score (nSPS) is 32.0. The van der Waals surface area contributed by atoms with Gasteiger partial charge in [-0.25, -0.2) is 8.42 Å². The molecule has 0 bridgehead atoms. The van der Waals surface area contributed by atoms with Crippen molar-refractivity contribution in [2.75, 3.05) is 12.8 Å². The number of aliphatic carboxylic acids is 1. The minimum Gasteiger partial charge on any atom is -0.481 e. The highest BCUT2D eigenvalue weighted by molar-refractivity contribution is 7.91. The summed E-state index contributed by atoms with van der Waals surface area (Å²) < 4.78 is 21.9. The van der Waals surface area contributed by atoms with Crippen molar-refractivity contribution in [1.82, 2.24) is 0 Å². The first kappa shape index (κ1) is 12.7. The van der Waals surface area contributed by atoms with E-state index in [1.165, 1.54) is 0 Å². The molecule has 1 aliphatic rings. The van der Waals surface area contributed by atoms with Gasteiger partial charge >= 0.3 is 5.97 Å². The van der Waals surface area contributed by atoms with Crippen LogP contribution < -0.4 is 5.73 Å². The van der Waals surface area contributed by atoms with Crippen molar-refractivity contribution < 1.29 is 18.3 Å². The number of carboxylic acids is 1. The number of hydrogen-bond acceptors (Lipinski definition) is 4. The van der Waals surface area contributed by atoms with E-state index < -0.39 is 26.5 Å². The van der Waals surface area contributed by atoms with Crippen molar-refractivity contribution in [3.8, 4) is 0 Å². The molecule has 78 valence electrons. The van der Waals surface area contributed by atoms with Crippen LogP contribution in [0.2, 0.25) is 0 Å². The SMILES string of the molecule is CS(=O)(=O)[C@@H]1C[C@@]1(CN)C(=O)O.Cl. The Kier molecular flexibility index (Phi) is 3.35. The summed E-state index contributed by atoms with van der Waals surface area (Å²) in [6.45, 7) is -0.111. The zero-order chi connectivity index (χ0) is 9.57. The van der Waals surface area contributed by atoms with Crippen LogP contribution in [0.4, 0.5) is 0 Å². The Bertz CT molecular complexity index is 315. The number of rotatable bonds is 3. The van der Waals surface area contributed by atoms with Gasteiger partial charge in [0.15, 0.2) is 9.84 Å². The molecule has 0 spiro atoms. The molecule has 0 heterocycles. The molecule has 0 unspecified atom stereocenters. The van der Waals surface area contributed by atoms with E-state index in [4.69, 9.17) is 10.8 Å². The molecule has 0 aromatic rings. The first-order valence-electron chi connectivity index (χ1n) is 3.47. The van der Waals surface area contributed by atoms with Gasteiger partial charge in [-0.15, -0.1) is 12.4 Å². The molecule has 0 aliphatic heterocycles. The van der Waals surface area contributed by atoms with Crippen molar-refractivity contribution in [1.29, 1.82) is 0 Å². The highest BCUT2D eigenvalue weighted by Crippen LogP contribution is 2.49. The summed E-state index contributed by atoms with van der Waals surface area (Å²) in [5.41, 5.74) is 4.01. The maximum atomic E-state index is 11.0. The second kappa shape index (κ2) is 3.43. The molecule has 2 atom stereocenters. The predicted molar refractivity (Wildman–Crippen MR) is 49.6 cm³/mol. The molecule has 13 heavy (non-hydrogen) atoms. The van der Waals surface area contributed by atoms with E-state index in [0.717, 1.165) is 6.26 Å². The van der Waals surface area contributed by atoms with Gasteiger partial charge in [0.05, 0.1) is 10.7 Å². The predicted octanol–water partition coefficient (Wildman–Crippen LogP) is -0.745. The van der Waals surface area contributed by atoms with Crippen LogP contribution in [0.1, 0.15) is 6.42 Å². The van der Waals surface area contributed by atoms with Gasteiger partial charge in [-0.05, 0) is 6.42 Å². The Balaban J connectivity index is 0.00000144. The van der Waals surface area contributed by atoms with Gasteiger partial charge in [0.1, 0.15) is 0 Å². The molecule has 1 saturated carbocycles. The minimum absolute atomic E-state index is 0. The van der Waals surface area contributed by atoms with E-state index in [1.54, 1.807) is 0 Å². The smallest absolute Gasteiger partial charge is 0.312 e. The Morgan fingerprint density at radius 3 is 2.23 bits per heavy atom. The largest absolute Gasteiger partial charge is 0.481 e. The van der Waals surface area contributed by atoms with E-state index in [0.29, 0.717) is 0 Å². The van der Waals surface area contributed by atoms with Crippen LogP contribution in [0.15, 0.2) is 0 Å². The topological polar surface area (TPSA) is 97.5 Å². The maximum Gasteiger partial charge on any atom is 0.312 e. The van der Waals surface area contributed by atoms with E-state index >= 15 is 0 Å². The fourth-order valence-corrected chi connectivity index (χ4v) is 2.98. The van der Waals surface area contributed by atoms with Gasteiger partial charge in [-0.1, -0.05) is 0 Å². The lowest BCUT2D eigenvalue weighted by Gasteiger charge is -2.06. The summed E-state index contributed by atoms with van der Waals surface area (Å²) in [5.74, 6) is -1.11. The second-order valence-corrected chi connectivity index (χ2v) is 5.42. The summed E-state index contributed by atoms with van der Waals surface area (Å²) in [4.78, 5) is 10.6. The molecule has 0 saturated heterocycles. The molecule has 1 aliphatic carbocycles. The van der Waals surface area contributed by atoms with Crippen molar-refractivity contribution >= 4 is 28.2 Å². The standard InChI is InChI=1S/C6H11NO4S.ClH/c1-12(10,11)4-2-6(4,3-7)5(8)9;/h4H,2-3,7H2,1H3,(H,8,9);1H/t4-,6+;/m1./s1. The summed E-state index contributed by atoms with van der Waals surface area (Å²) in [6.07, 6.45) is 1.19. The lowest BCUT2D eigenvalue weighted by Crippen LogP contribution is -2.30. The monoisotopic (exact) mass is 229 g/mol. The average molecular weight is 230 g/mol. The average Bonchev–Trinajstić information content (AvgIpc) is 2.60. The number of hydrogen-bond donors (Lipinski definition) is 2. The minimum atomic E-state index is -3.26. The first-order chi connectivity index (χ1) is 5.34. The van der Waals surface area contributed by atoms with Gasteiger partial charge in [0.25, 0.3) is 0 Å². The summed E-state index contributed by atoms with van der Waals surface area (Å²) in [5, 5.41) is 7.91. The van der Waals surface area contributed by atoms with E-state index in [2.05, 4.69) is 0 Å². The van der Waals surface area contributed by atoms with Crippen molar-refractivity contribution in [3.63, 3.8) is 0 Å². The highest BCUT2D eigenvalue weighted by Gasteiger charge is 2.64. The van der Waals surface area contributed by atoms with Crippen LogP contribution in [-0.2, 0) is 14.6 Å². The van der Waals surface area contributed by atoms with E-state index in [9.17, 15) is 13.2 Å². The lowest BCUT2D eigenvalue weighted by molar-refractivity contribution is -0.142. The quantitative estimate of drug-likeness (QED) is 0.664. The third-order valence-electron chi connectivity index (χ3n) is 2.31. The Labute approximate surface area is 82.6 Å². The third-order valence-corrected chi connectivity index (χ3v) is 3.96. The number of halogens is 1. The maximum absolute atomic E-state index is 11.0. The molecule has 0 radical (unpaired) electrons. The number of carboxylic acid groups (broad SMARTS) is 1. The van der Waals surface area contributed by atoms with Gasteiger partial charge in [0, 0.05) is 12.8 Å². The fourth-order valence-electron chi connectivity index (χ4n) is 1.36. The zero-order valence-electron chi connectivity index (χ0n) is 7.06. The zero-order valence-corrected chi connectivity index (χ0v) is 8.69. The number of sulfone groups is 1. The molecule has 0 amide bonds. The van der Waals surface area contributed by atoms with E-state index in [1.807, 2.05) is 0 Å². The van der Waals surface area contributed by atoms with Crippen molar-refractivity contribution in [2.24, 2.45) is 11.1 Å². The van der Waals surface area contributed by atoms with E-state index in [-0.39, 0.29) is 25.4 Å². The Morgan fingerprint density at radius 1 is 1.69 bits per heavy atom. The molecular weight excluding hydrogens is 218 g/mol. The van der Waals surface area contributed by atoms with Crippen LogP contribution in [0.25, 0.3) is 0 Å². The molecule has 1 fully saturated rings. The third kappa shape index (κ3) is 1.95. The molecule has 3 N–H and O–H groups in total. The van der Waals surface area contributed by atoms with Crippen LogP contribution in [-0.4, -0.2) is 37.5 Å². The summed E-state index contributed by atoms with van der Waals surface area (Å²) in [6, 6.07) is 0. The van der Waals surface area contributed by atoms with Crippen LogP contribution >= 0.6 is 12.4 Å². The Morgan fingerprint density at radius 2 is 2.15 bits per heavy atom.